The summed E-state index contributed by atoms with van der Waals surface area (Å²) < 4.78 is 0. The van der Waals surface area contributed by atoms with Crippen molar-refractivity contribution < 1.29 is 5.11 Å². The summed E-state index contributed by atoms with van der Waals surface area (Å²) in [4.78, 5) is 0. The third kappa shape index (κ3) is 2.03. The molecule has 116 valence electrons. The Morgan fingerprint density at radius 3 is 2.33 bits per heavy atom. The maximum Gasteiger partial charge on any atom is 0.120 e. The quantitative estimate of drug-likeness (QED) is 0.856. The Labute approximate surface area is 129 Å². The van der Waals surface area contributed by atoms with E-state index in [1.165, 1.54) is 11.1 Å². The normalized spacial score (nSPS) is 29.4. The first-order valence-corrected chi connectivity index (χ1v) is 8.23. The van der Waals surface area contributed by atoms with Crippen molar-refractivity contribution in [2.24, 2.45) is 16.7 Å². The molecule has 2 heteroatoms. The van der Waals surface area contributed by atoms with Crippen LogP contribution in [0.3, 0.4) is 0 Å². The molecular weight excluding hydrogens is 258 g/mol. The third-order valence-electron chi connectivity index (χ3n) is 6.80. The zero-order valence-corrected chi connectivity index (χ0v) is 14.2. The Hall–Kier alpha value is -1.02. The highest BCUT2D eigenvalue weighted by molar-refractivity contribution is 5.50. The van der Waals surface area contributed by atoms with Gasteiger partial charge in [0, 0.05) is 11.6 Å². The average Bonchev–Trinajstić information content (AvgIpc) is 2.68. The second-order valence-corrected chi connectivity index (χ2v) is 8.32. The van der Waals surface area contributed by atoms with Gasteiger partial charge in [-0.05, 0) is 59.7 Å². The van der Waals surface area contributed by atoms with E-state index < -0.39 is 0 Å². The highest BCUT2D eigenvalue weighted by Gasteiger charge is 2.64. The summed E-state index contributed by atoms with van der Waals surface area (Å²) in [7, 11) is 0. The van der Waals surface area contributed by atoms with Crippen molar-refractivity contribution in [1.29, 1.82) is 0 Å². The highest BCUT2D eigenvalue weighted by atomic mass is 16.3. The zero-order chi connectivity index (χ0) is 15.6. The summed E-state index contributed by atoms with van der Waals surface area (Å²) in [6.45, 7) is 14.9. The zero-order valence-electron chi connectivity index (χ0n) is 14.2. The lowest BCUT2D eigenvalue weighted by atomic mass is 9.97. The molecule has 1 saturated carbocycles. The van der Waals surface area contributed by atoms with Crippen LogP contribution in [-0.2, 0) is 0 Å². The van der Waals surface area contributed by atoms with E-state index in [0.29, 0.717) is 28.5 Å². The monoisotopic (exact) mass is 287 g/mol. The predicted molar refractivity (Wildman–Crippen MR) is 87.7 cm³/mol. The number of benzene rings is 1. The number of phenolic OH excluding ortho intramolecular Hbond substituents is 1. The van der Waals surface area contributed by atoms with E-state index in [2.05, 4.69) is 46.9 Å². The van der Waals surface area contributed by atoms with Crippen molar-refractivity contribution in [2.75, 3.05) is 6.54 Å². The molecule has 1 aromatic carbocycles. The van der Waals surface area contributed by atoms with Crippen molar-refractivity contribution in [1.82, 2.24) is 5.32 Å². The molecule has 2 atom stereocenters. The van der Waals surface area contributed by atoms with Crippen molar-refractivity contribution in [2.45, 2.75) is 59.9 Å². The van der Waals surface area contributed by atoms with Gasteiger partial charge in [0.25, 0.3) is 0 Å². The van der Waals surface area contributed by atoms with Crippen LogP contribution in [0.1, 0.15) is 69.7 Å². The van der Waals surface area contributed by atoms with Crippen LogP contribution in [0, 0.1) is 23.7 Å². The average molecular weight is 287 g/mol. The highest BCUT2D eigenvalue weighted by Crippen LogP contribution is 2.68. The Morgan fingerprint density at radius 2 is 1.76 bits per heavy atom. The minimum atomic E-state index is 0.307. The van der Waals surface area contributed by atoms with Crippen LogP contribution in [0.2, 0.25) is 0 Å². The Bertz CT molecular complexity index is 559. The maximum atomic E-state index is 10.3. The molecule has 1 fully saturated rings. The molecule has 0 heterocycles. The van der Waals surface area contributed by atoms with Crippen molar-refractivity contribution in [3.05, 3.63) is 28.8 Å². The largest absolute Gasteiger partial charge is 0.508 e. The van der Waals surface area contributed by atoms with Gasteiger partial charge < -0.3 is 10.4 Å². The molecule has 2 unspecified atom stereocenters. The van der Waals surface area contributed by atoms with Crippen LogP contribution in [0.4, 0.5) is 0 Å². The second kappa shape index (κ2) is 4.49. The number of fused-ring (bicyclic) bond motifs is 1. The fourth-order valence-electron chi connectivity index (χ4n) is 4.63. The summed E-state index contributed by atoms with van der Waals surface area (Å²) in [6, 6.07) is 4.20. The van der Waals surface area contributed by atoms with Crippen LogP contribution < -0.4 is 5.32 Å². The van der Waals surface area contributed by atoms with Crippen LogP contribution in [0.25, 0.3) is 0 Å². The predicted octanol–water partition coefficient (Wildman–Crippen LogP) is 4.52. The van der Waals surface area contributed by atoms with Gasteiger partial charge in [0.1, 0.15) is 5.75 Å². The summed E-state index contributed by atoms with van der Waals surface area (Å²) in [5.41, 5.74) is 4.66. The van der Waals surface area contributed by atoms with Gasteiger partial charge in [-0.25, -0.2) is 0 Å². The number of phenols is 1. The number of hydrogen-bond acceptors (Lipinski definition) is 2. The maximum absolute atomic E-state index is 10.3. The molecule has 0 spiro atoms. The Morgan fingerprint density at radius 1 is 1.14 bits per heavy atom. The van der Waals surface area contributed by atoms with Crippen LogP contribution in [-0.4, -0.2) is 11.7 Å². The van der Waals surface area contributed by atoms with E-state index in [1.807, 2.05) is 12.1 Å². The molecule has 2 aliphatic rings. The van der Waals surface area contributed by atoms with Crippen molar-refractivity contribution in [3.63, 3.8) is 0 Å². The Kier molecular flexibility index (Phi) is 3.18. The number of nitrogens with one attached hydrogen (secondary N) is 1. The van der Waals surface area contributed by atoms with Crippen LogP contribution in [0.5, 0.6) is 5.75 Å². The minimum Gasteiger partial charge on any atom is -0.508 e. The van der Waals surface area contributed by atoms with Crippen molar-refractivity contribution in [3.8, 4) is 5.75 Å². The van der Waals surface area contributed by atoms with Gasteiger partial charge in [0.15, 0.2) is 0 Å². The van der Waals surface area contributed by atoms with Gasteiger partial charge in [-0.15, -0.1) is 0 Å². The topological polar surface area (TPSA) is 32.3 Å². The first kappa shape index (κ1) is 14.9. The minimum absolute atomic E-state index is 0.307. The molecule has 0 saturated heterocycles. The van der Waals surface area contributed by atoms with Crippen LogP contribution in [0.15, 0.2) is 12.1 Å². The molecular formula is C19H29NO. The molecule has 2 nitrogen and oxygen atoms in total. The molecule has 2 aliphatic carbocycles. The molecule has 1 aromatic rings. The van der Waals surface area contributed by atoms with Crippen LogP contribution >= 0.6 is 0 Å². The SMILES string of the molecule is Cc1ccc(O)c2c1C(C)CC2NCC1C(C)(C)C1(C)C. The molecule has 0 radical (unpaired) electrons. The lowest BCUT2D eigenvalue weighted by molar-refractivity contribution is 0.428. The summed E-state index contributed by atoms with van der Waals surface area (Å²) in [5, 5.41) is 14.0. The number of aryl methyl sites for hydroxylation is 1. The van der Waals surface area contributed by atoms with Gasteiger partial charge in [-0.1, -0.05) is 40.7 Å². The molecule has 3 rings (SSSR count). The number of hydrogen-bond donors (Lipinski definition) is 2. The van der Waals surface area contributed by atoms with E-state index in [4.69, 9.17) is 0 Å². The molecule has 0 aliphatic heterocycles. The molecule has 0 aromatic heterocycles. The van der Waals surface area contributed by atoms with Gasteiger partial charge in [0.05, 0.1) is 0 Å². The third-order valence-corrected chi connectivity index (χ3v) is 6.80. The second-order valence-electron chi connectivity index (χ2n) is 8.32. The number of rotatable bonds is 3. The van der Waals surface area contributed by atoms with Crippen molar-refractivity contribution >= 4 is 0 Å². The van der Waals surface area contributed by atoms with E-state index in [0.717, 1.165) is 24.4 Å². The fourth-order valence-corrected chi connectivity index (χ4v) is 4.63. The summed E-state index contributed by atoms with van der Waals surface area (Å²) in [6.07, 6.45) is 1.10. The molecule has 0 bridgehead atoms. The van der Waals surface area contributed by atoms with E-state index >= 15 is 0 Å². The summed E-state index contributed by atoms with van der Waals surface area (Å²) in [5.74, 6) is 1.72. The molecule has 2 N–H and O–H groups in total. The van der Waals surface area contributed by atoms with Gasteiger partial charge in [-0.3, -0.25) is 0 Å². The smallest absolute Gasteiger partial charge is 0.120 e. The summed E-state index contributed by atoms with van der Waals surface area (Å²) >= 11 is 0. The molecule has 21 heavy (non-hydrogen) atoms. The van der Waals surface area contributed by atoms with Gasteiger partial charge in [0.2, 0.25) is 0 Å². The fraction of sp³-hybridized carbons (Fsp3) is 0.684. The van der Waals surface area contributed by atoms with Gasteiger partial charge in [-0.2, -0.15) is 0 Å². The first-order valence-electron chi connectivity index (χ1n) is 8.23. The van der Waals surface area contributed by atoms with E-state index in [1.54, 1.807) is 0 Å². The number of aromatic hydroxyl groups is 1. The van der Waals surface area contributed by atoms with E-state index in [-0.39, 0.29) is 0 Å². The Balaban J connectivity index is 1.78. The lowest BCUT2D eigenvalue weighted by Gasteiger charge is -2.16. The lowest BCUT2D eigenvalue weighted by Crippen LogP contribution is -2.23. The van der Waals surface area contributed by atoms with E-state index in [9.17, 15) is 5.11 Å². The molecule has 0 amide bonds. The standard InChI is InChI=1S/C19H29NO/c1-11-7-8-14(21)17-13(9-12(2)16(11)17)20-10-15-18(3,4)19(15,5)6/h7-8,12-13,15,20-21H,9-10H2,1-6H3. The van der Waals surface area contributed by atoms with Gasteiger partial charge >= 0.3 is 0 Å². The first-order chi connectivity index (χ1) is 9.68.